The van der Waals surface area contributed by atoms with Crippen LogP contribution in [0.1, 0.15) is 6.42 Å². The van der Waals surface area contributed by atoms with Crippen LogP contribution >= 0.6 is 23.5 Å². The van der Waals surface area contributed by atoms with E-state index in [0.29, 0.717) is 4.58 Å². The molecule has 0 aromatic carbocycles. The lowest BCUT2D eigenvalue weighted by Gasteiger charge is -2.25. The van der Waals surface area contributed by atoms with Crippen LogP contribution in [0.4, 0.5) is 0 Å². The van der Waals surface area contributed by atoms with Crippen molar-refractivity contribution in [3.8, 4) is 0 Å². The van der Waals surface area contributed by atoms with Crippen LogP contribution in [0, 0.1) is 0 Å². The van der Waals surface area contributed by atoms with E-state index in [4.69, 9.17) is 13.3 Å². The maximum Gasteiger partial charge on any atom is 0.500 e. The molecule has 0 amide bonds. The average Bonchev–Trinajstić information content (AvgIpc) is 2.74. The number of rotatable bonds is 6. The summed E-state index contributed by atoms with van der Waals surface area (Å²) in [7, 11) is 2.71. The Morgan fingerprint density at radius 3 is 2.00 bits per heavy atom. The molecule has 0 aromatic rings. The van der Waals surface area contributed by atoms with E-state index in [0.717, 1.165) is 12.5 Å². The summed E-state index contributed by atoms with van der Waals surface area (Å²) in [5.41, 5.74) is 0. The monoisotopic (exact) mass is 254 g/mol. The van der Waals surface area contributed by atoms with Crippen molar-refractivity contribution in [2.24, 2.45) is 0 Å². The predicted octanol–water partition coefficient (Wildman–Crippen LogP) is 2.06. The normalized spacial score (nSPS) is 19.1. The van der Waals surface area contributed by atoms with E-state index in [-0.39, 0.29) is 0 Å². The van der Waals surface area contributed by atoms with Gasteiger partial charge in [0.25, 0.3) is 0 Å². The van der Waals surface area contributed by atoms with Gasteiger partial charge in [0, 0.05) is 38.9 Å². The summed E-state index contributed by atoms with van der Waals surface area (Å²) in [6.45, 7) is 0. The standard InChI is InChI=1S/C8H18O3S2Si/c1-9-14(10-2,11-3)7-4-8-12-5-6-13-8/h8H,4-7H2,1-3H3. The molecule has 84 valence electrons. The maximum atomic E-state index is 5.37. The first kappa shape index (κ1) is 12.9. The first-order valence-electron chi connectivity index (χ1n) is 4.65. The van der Waals surface area contributed by atoms with Crippen molar-refractivity contribution in [3.63, 3.8) is 0 Å². The Kier molecular flexibility index (Phi) is 5.88. The van der Waals surface area contributed by atoms with E-state index in [9.17, 15) is 0 Å². The fourth-order valence-electron chi connectivity index (χ4n) is 1.42. The minimum Gasteiger partial charge on any atom is -0.377 e. The van der Waals surface area contributed by atoms with Crippen molar-refractivity contribution in [2.75, 3.05) is 32.8 Å². The molecule has 1 saturated heterocycles. The quantitative estimate of drug-likeness (QED) is 0.677. The second-order valence-corrected chi connectivity index (χ2v) is 9.02. The summed E-state index contributed by atoms with van der Waals surface area (Å²) >= 11 is 4.07. The molecule has 14 heavy (non-hydrogen) atoms. The van der Waals surface area contributed by atoms with Gasteiger partial charge in [0.05, 0.1) is 4.58 Å². The first-order chi connectivity index (χ1) is 6.76. The Bertz CT molecular complexity index is 152. The van der Waals surface area contributed by atoms with Gasteiger partial charge in [-0.1, -0.05) is 0 Å². The third-order valence-corrected chi connectivity index (χ3v) is 8.25. The van der Waals surface area contributed by atoms with E-state index >= 15 is 0 Å². The summed E-state index contributed by atoms with van der Waals surface area (Å²) in [5, 5.41) is 0. The first-order valence-corrected chi connectivity index (χ1v) is 8.68. The summed E-state index contributed by atoms with van der Waals surface area (Å²) in [6.07, 6.45) is 1.12. The van der Waals surface area contributed by atoms with Crippen molar-refractivity contribution >= 4 is 32.3 Å². The maximum absolute atomic E-state index is 5.37. The largest absolute Gasteiger partial charge is 0.500 e. The van der Waals surface area contributed by atoms with Crippen LogP contribution in [-0.4, -0.2) is 46.2 Å². The third kappa shape index (κ3) is 3.43. The van der Waals surface area contributed by atoms with Gasteiger partial charge in [-0.25, -0.2) is 0 Å². The van der Waals surface area contributed by atoms with Gasteiger partial charge in [-0.3, -0.25) is 0 Å². The van der Waals surface area contributed by atoms with Crippen LogP contribution in [0.25, 0.3) is 0 Å². The number of thioether (sulfide) groups is 2. The lowest BCUT2D eigenvalue weighted by molar-refractivity contribution is 0.123. The summed E-state index contributed by atoms with van der Waals surface area (Å²) in [6, 6.07) is 0.918. The molecular formula is C8H18O3S2Si. The Labute approximate surface area is 95.6 Å². The van der Waals surface area contributed by atoms with Crippen molar-refractivity contribution in [1.29, 1.82) is 0 Å². The highest BCUT2D eigenvalue weighted by molar-refractivity contribution is 8.20. The Balaban J connectivity index is 2.31. The molecule has 1 aliphatic rings. The predicted molar refractivity (Wildman–Crippen MR) is 64.9 cm³/mol. The lowest BCUT2D eigenvalue weighted by atomic mass is 10.6. The van der Waals surface area contributed by atoms with Gasteiger partial charge in [-0.2, -0.15) is 0 Å². The Morgan fingerprint density at radius 2 is 1.57 bits per heavy atom. The van der Waals surface area contributed by atoms with Crippen LogP contribution in [0.5, 0.6) is 0 Å². The van der Waals surface area contributed by atoms with E-state index in [1.807, 2.05) is 23.5 Å². The van der Waals surface area contributed by atoms with Gasteiger partial charge in [0.2, 0.25) is 0 Å². The summed E-state index contributed by atoms with van der Waals surface area (Å²) < 4.78 is 16.8. The third-order valence-electron chi connectivity index (χ3n) is 2.31. The van der Waals surface area contributed by atoms with Crippen molar-refractivity contribution in [1.82, 2.24) is 0 Å². The molecule has 0 bridgehead atoms. The molecular weight excluding hydrogens is 236 g/mol. The SMILES string of the molecule is CO[Si](CCC1SCCS1)(OC)OC. The van der Waals surface area contributed by atoms with E-state index in [2.05, 4.69) is 0 Å². The van der Waals surface area contributed by atoms with Crippen LogP contribution in [0.15, 0.2) is 0 Å². The smallest absolute Gasteiger partial charge is 0.377 e. The van der Waals surface area contributed by atoms with E-state index < -0.39 is 8.80 Å². The van der Waals surface area contributed by atoms with Gasteiger partial charge in [0.15, 0.2) is 0 Å². The summed E-state index contributed by atoms with van der Waals surface area (Å²) in [4.78, 5) is 0. The highest BCUT2D eigenvalue weighted by atomic mass is 32.2. The van der Waals surface area contributed by atoms with Gasteiger partial charge >= 0.3 is 8.80 Å². The molecule has 1 rings (SSSR count). The molecule has 0 saturated carbocycles. The highest BCUT2D eigenvalue weighted by Crippen LogP contribution is 2.36. The molecule has 1 fully saturated rings. The fraction of sp³-hybridized carbons (Fsp3) is 1.00. The molecule has 0 radical (unpaired) electrons. The van der Waals surface area contributed by atoms with Gasteiger partial charge in [-0.15, -0.1) is 23.5 Å². The zero-order valence-electron chi connectivity index (χ0n) is 8.95. The van der Waals surface area contributed by atoms with Gasteiger partial charge in [-0.05, 0) is 6.42 Å². The second kappa shape index (κ2) is 6.39. The zero-order valence-corrected chi connectivity index (χ0v) is 11.6. The molecule has 0 unspecified atom stereocenters. The molecule has 3 nitrogen and oxygen atoms in total. The Morgan fingerprint density at radius 1 is 1.07 bits per heavy atom. The minimum absolute atomic E-state index is 0.710. The van der Waals surface area contributed by atoms with Crippen molar-refractivity contribution in [3.05, 3.63) is 0 Å². The molecule has 0 N–H and O–H groups in total. The zero-order chi connectivity index (χ0) is 10.4. The fourth-order valence-corrected chi connectivity index (χ4v) is 6.42. The van der Waals surface area contributed by atoms with Crippen LogP contribution in [0.2, 0.25) is 6.04 Å². The molecule has 1 heterocycles. The number of hydrogen-bond acceptors (Lipinski definition) is 5. The van der Waals surface area contributed by atoms with E-state index in [1.54, 1.807) is 21.3 Å². The van der Waals surface area contributed by atoms with Gasteiger partial charge in [0.1, 0.15) is 0 Å². The number of hydrogen-bond donors (Lipinski definition) is 0. The van der Waals surface area contributed by atoms with Crippen molar-refractivity contribution < 1.29 is 13.3 Å². The van der Waals surface area contributed by atoms with Crippen LogP contribution < -0.4 is 0 Å². The van der Waals surface area contributed by atoms with Crippen LogP contribution in [0.3, 0.4) is 0 Å². The molecule has 0 atom stereocenters. The van der Waals surface area contributed by atoms with E-state index in [1.165, 1.54) is 11.5 Å². The topological polar surface area (TPSA) is 27.7 Å². The molecule has 6 heteroatoms. The van der Waals surface area contributed by atoms with Crippen LogP contribution in [-0.2, 0) is 13.3 Å². The highest BCUT2D eigenvalue weighted by Gasteiger charge is 2.38. The molecule has 0 aliphatic carbocycles. The van der Waals surface area contributed by atoms with Crippen molar-refractivity contribution in [2.45, 2.75) is 17.0 Å². The van der Waals surface area contributed by atoms with Gasteiger partial charge < -0.3 is 13.3 Å². The lowest BCUT2D eigenvalue weighted by Crippen LogP contribution is -2.42. The minimum atomic E-state index is -2.31. The Hall–Kier alpha value is 0.797. The average molecular weight is 254 g/mol. The summed E-state index contributed by atoms with van der Waals surface area (Å²) in [5.74, 6) is 2.55. The molecule has 0 aromatic heterocycles. The molecule has 0 spiro atoms. The second-order valence-electron chi connectivity index (χ2n) is 3.01. The molecule has 1 aliphatic heterocycles.